The van der Waals surface area contributed by atoms with Crippen LogP contribution >= 0.6 is 0 Å². The van der Waals surface area contributed by atoms with Gasteiger partial charge in [-0.15, -0.1) is 0 Å². The Morgan fingerprint density at radius 3 is 2.32 bits per heavy atom. The molecular formula is C18H35N3O3S. The van der Waals surface area contributed by atoms with Crippen LogP contribution in [-0.2, 0) is 14.6 Å². The molecule has 2 N–H and O–H groups in total. The molecule has 6 nitrogen and oxygen atoms in total. The largest absolute Gasteiger partial charge is 0.338 e. The molecule has 2 rings (SSSR count). The second-order valence-corrected chi connectivity index (χ2v) is 11.0. The van der Waals surface area contributed by atoms with Crippen LogP contribution in [-0.4, -0.2) is 72.9 Å². The smallest absolute Gasteiger partial charge is 0.239 e. The molecule has 4 atom stereocenters. The summed E-state index contributed by atoms with van der Waals surface area (Å²) in [6.45, 7) is 8.46. The molecular weight excluding hydrogens is 338 g/mol. The molecule has 1 aliphatic heterocycles. The molecule has 1 saturated carbocycles. The zero-order valence-corrected chi connectivity index (χ0v) is 17.1. The van der Waals surface area contributed by atoms with Crippen LogP contribution in [0.25, 0.3) is 0 Å². The highest BCUT2D eigenvalue weighted by atomic mass is 32.2. The normalized spacial score (nSPS) is 31.6. The van der Waals surface area contributed by atoms with Gasteiger partial charge in [-0.1, -0.05) is 0 Å². The molecule has 1 aliphatic carbocycles. The van der Waals surface area contributed by atoms with Gasteiger partial charge in [0.25, 0.3) is 0 Å². The zero-order chi connectivity index (χ0) is 18.9. The van der Waals surface area contributed by atoms with Crippen LogP contribution in [0.5, 0.6) is 0 Å². The lowest BCUT2D eigenvalue weighted by Crippen LogP contribution is -2.52. The van der Waals surface area contributed by atoms with Crippen molar-refractivity contribution in [2.24, 2.45) is 11.7 Å². The molecule has 1 unspecified atom stereocenters. The number of nitrogens with zero attached hydrogens (tertiary/aromatic N) is 2. The molecule has 1 amide bonds. The number of likely N-dealkylation sites (tertiary alicyclic amines) is 1. The third-order valence-corrected chi connectivity index (χ3v) is 8.48. The number of hydrogen-bond acceptors (Lipinski definition) is 5. The minimum Gasteiger partial charge on any atom is -0.338 e. The van der Waals surface area contributed by atoms with E-state index in [1.807, 2.05) is 4.90 Å². The van der Waals surface area contributed by atoms with Crippen molar-refractivity contribution in [3.63, 3.8) is 0 Å². The molecule has 2 fully saturated rings. The fraction of sp³-hybridized carbons (Fsp3) is 0.944. The second-order valence-electron chi connectivity index (χ2n) is 8.36. The number of sulfone groups is 1. The summed E-state index contributed by atoms with van der Waals surface area (Å²) in [5.74, 6) is 0.144. The third kappa shape index (κ3) is 4.55. The maximum atomic E-state index is 12.6. The van der Waals surface area contributed by atoms with Gasteiger partial charge >= 0.3 is 0 Å². The van der Waals surface area contributed by atoms with E-state index in [0.29, 0.717) is 25.0 Å². The summed E-state index contributed by atoms with van der Waals surface area (Å²) in [6, 6.07) is 0.380. The Balaban J connectivity index is 2.21. The predicted molar refractivity (Wildman–Crippen MR) is 101 cm³/mol. The Kier molecular flexibility index (Phi) is 6.55. The topological polar surface area (TPSA) is 83.7 Å². The summed E-state index contributed by atoms with van der Waals surface area (Å²) in [5.41, 5.74) is 5.89. The Hall–Kier alpha value is -0.660. The van der Waals surface area contributed by atoms with Gasteiger partial charge in [0.2, 0.25) is 5.91 Å². The van der Waals surface area contributed by atoms with E-state index in [9.17, 15) is 13.2 Å². The summed E-state index contributed by atoms with van der Waals surface area (Å²) < 4.78 is 25.1. The fourth-order valence-corrected chi connectivity index (χ4v) is 5.49. The fourth-order valence-electron chi connectivity index (χ4n) is 4.15. The lowest BCUT2D eigenvalue weighted by atomic mass is 9.81. The van der Waals surface area contributed by atoms with Crippen molar-refractivity contribution in [1.82, 2.24) is 9.80 Å². The third-order valence-electron chi connectivity index (χ3n) is 6.15. The Morgan fingerprint density at radius 1 is 1.20 bits per heavy atom. The first kappa shape index (κ1) is 20.6. The van der Waals surface area contributed by atoms with Crippen LogP contribution in [0.15, 0.2) is 0 Å². The minimum absolute atomic E-state index is 0.00591. The van der Waals surface area contributed by atoms with Crippen LogP contribution in [0.1, 0.15) is 53.4 Å². The number of nitrogens with two attached hydrogens (primary N) is 1. The van der Waals surface area contributed by atoms with Crippen LogP contribution in [0.2, 0.25) is 0 Å². The molecule has 146 valence electrons. The van der Waals surface area contributed by atoms with Gasteiger partial charge in [0, 0.05) is 24.7 Å². The lowest BCUT2D eigenvalue weighted by Gasteiger charge is -2.44. The van der Waals surface area contributed by atoms with Gasteiger partial charge < -0.3 is 15.5 Å². The van der Waals surface area contributed by atoms with Crippen LogP contribution in [0.4, 0.5) is 0 Å². The number of hydrogen-bond donors (Lipinski definition) is 1. The van der Waals surface area contributed by atoms with Gasteiger partial charge in [-0.3, -0.25) is 4.79 Å². The van der Waals surface area contributed by atoms with Crippen molar-refractivity contribution in [1.29, 1.82) is 0 Å². The van der Waals surface area contributed by atoms with Gasteiger partial charge in [-0.25, -0.2) is 8.42 Å². The van der Waals surface area contributed by atoms with Crippen LogP contribution in [0, 0.1) is 5.92 Å². The van der Waals surface area contributed by atoms with E-state index in [-0.39, 0.29) is 28.9 Å². The highest BCUT2D eigenvalue weighted by Crippen LogP contribution is 2.35. The predicted octanol–water partition coefficient (Wildman–Crippen LogP) is 1.25. The van der Waals surface area contributed by atoms with E-state index >= 15 is 0 Å². The van der Waals surface area contributed by atoms with Gasteiger partial charge in [-0.05, 0) is 66.3 Å². The van der Waals surface area contributed by atoms with Gasteiger partial charge in [0.15, 0.2) is 9.84 Å². The number of rotatable bonds is 6. The highest BCUT2D eigenvalue weighted by molar-refractivity contribution is 7.91. The number of carbonyl (C=O) groups excluding carboxylic acids is 1. The SMILES string of the molecule is CC(C)N(C)[C@@H]1CC[C@H](N2CCC(N)C2=O)[C@H](CS(=O)(=O)C(C)C)C1. The summed E-state index contributed by atoms with van der Waals surface area (Å²) in [5, 5.41) is -0.382. The average Bonchev–Trinajstić information content (AvgIpc) is 2.85. The number of carbonyl (C=O) groups is 1. The molecule has 7 heteroatoms. The molecule has 25 heavy (non-hydrogen) atoms. The summed E-state index contributed by atoms with van der Waals surface area (Å²) in [4.78, 5) is 16.6. The van der Waals surface area contributed by atoms with Gasteiger partial charge in [0.1, 0.15) is 0 Å². The Bertz CT molecular complexity index is 576. The van der Waals surface area contributed by atoms with Gasteiger partial charge in [0.05, 0.1) is 17.0 Å². The van der Waals surface area contributed by atoms with Crippen molar-refractivity contribution in [2.45, 2.75) is 82.8 Å². The van der Waals surface area contributed by atoms with Crippen molar-refractivity contribution >= 4 is 15.7 Å². The Morgan fingerprint density at radius 2 is 1.84 bits per heavy atom. The first-order valence-electron chi connectivity index (χ1n) is 9.54. The van der Waals surface area contributed by atoms with Crippen LogP contribution < -0.4 is 5.73 Å². The van der Waals surface area contributed by atoms with E-state index in [1.54, 1.807) is 13.8 Å². The standard InChI is InChI=1S/C18H35N3O3S/c1-12(2)20(5)15-6-7-17(21-9-8-16(19)18(21)22)14(10-15)11-25(23,24)13(3)4/h12-17H,6-11,19H2,1-5H3/t14-,15+,16?,17-/m0/s1. The monoisotopic (exact) mass is 373 g/mol. The highest BCUT2D eigenvalue weighted by Gasteiger charge is 2.43. The molecule has 0 bridgehead atoms. The van der Waals surface area contributed by atoms with E-state index in [2.05, 4.69) is 25.8 Å². The molecule has 0 spiro atoms. The Labute approximate surface area is 153 Å². The second kappa shape index (κ2) is 7.92. The maximum Gasteiger partial charge on any atom is 0.239 e. The molecule has 1 saturated heterocycles. The summed E-state index contributed by atoms with van der Waals surface area (Å²) in [6.07, 6.45) is 3.35. The molecule has 2 aliphatic rings. The van der Waals surface area contributed by atoms with E-state index in [1.165, 1.54) is 0 Å². The summed E-state index contributed by atoms with van der Waals surface area (Å²) >= 11 is 0. The first-order valence-corrected chi connectivity index (χ1v) is 11.3. The van der Waals surface area contributed by atoms with Gasteiger partial charge in [-0.2, -0.15) is 0 Å². The number of amides is 1. The lowest BCUT2D eigenvalue weighted by molar-refractivity contribution is -0.132. The average molecular weight is 374 g/mol. The van der Waals surface area contributed by atoms with Crippen molar-refractivity contribution in [3.05, 3.63) is 0 Å². The van der Waals surface area contributed by atoms with Crippen molar-refractivity contribution in [3.8, 4) is 0 Å². The quantitative estimate of drug-likeness (QED) is 0.757. The van der Waals surface area contributed by atoms with E-state index < -0.39 is 15.9 Å². The van der Waals surface area contributed by atoms with Crippen molar-refractivity contribution < 1.29 is 13.2 Å². The molecule has 0 aromatic rings. The summed E-state index contributed by atoms with van der Waals surface area (Å²) in [7, 11) is -1.04. The molecule has 0 radical (unpaired) electrons. The molecule has 1 heterocycles. The minimum atomic E-state index is -3.15. The van der Waals surface area contributed by atoms with E-state index in [4.69, 9.17) is 5.73 Å². The zero-order valence-electron chi connectivity index (χ0n) is 16.3. The van der Waals surface area contributed by atoms with Crippen molar-refractivity contribution in [2.75, 3.05) is 19.3 Å². The maximum absolute atomic E-state index is 12.6. The molecule has 0 aromatic carbocycles. The van der Waals surface area contributed by atoms with E-state index in [0.717, 1.165) is 19.3 Å². The molecule has 0 aromatic heterocycles. The first-order chi connectivity index (χ1) is 11.5. The van der Waals surface area contributed by atoms with Crippen LogP contribution in [0.3, 0.4) is 0 Å².